The van der Waals surface area contributed by atoms with Crippen LogP contribution in [0.3, 0.4) is 0 Å². The molecule has 0 radical (unpaired) electrons. The van der Waals surface area contributed by atoms with Gasteiger partial charge in [0.15, 0.2) is 0 Å². The first-order valence-corrected chi connectivity index (χ1v) is 6.80. The SMILES string of the molecule is CCCNCc1ccnn1Cc1csc(C)n1. The largest absolute Gasteiger partial charge is 0.311 e. The van der Waals surface area contributed by atoms with Crippen molar-refractivity contribution in [1.29, 1.82) is 0 Å². The maximum atomic E-state index is 4.46. The van der Waals surface area contributed by atoms with E-state index in [9.17, 15) is 0 Å². The molecule has 2 aromatic rings. The van der Waals surface area contributed by atoms with E-state index in [0.717, 1.165) is 36.8 Å². The van der Waals surface area contributed by atoms with Crippen LogP contribution in [0.25, 0.3) is 0 Å². The maximum absolute atomic E-state index is 4.46. The molecule has 2 rings (SSSR count). The van der Waals surface area contributed by atoms with Crippen molar-refractivity contribution in [3.8, 4) is 0 Å². The van der Waals surface area contributed by atoms with Gasteiger partial charge in [0.2, 0.25) is 0 Å². The molecule has 17 heavy (non-hydrogen) atoms. The summed E-state index contributed by atoms with van der Waals surface area (Å²) < 4.78 is 2.01. The van der Waals surface area contributed by atoms with Crippen molar-refractivity contribution in [3.63, 3.8) is 0 Å². The number of hydrogen-bond donors (Lipinski definition) is 1. The molecule has 0 saturated heterocycles. The molecule has 2 heterocycles. The molecule has 0 aliphatic heterocycles. The standard InChI is InChI=1S/C12H18N4S/c1-3-5-13-7-12-4-6-14-16(12)8-11-9-17-10(2)15-11/h4,6,9,13H,3,5,7-8H2,1-2H3. The predicted molar refractivity (Wildman–Crippen MR) is 70.2 cm³/mol. The van der Waals surface area contributed by atoms with Crippen molar-refractivity contribution in [2.24, 2.45) is 0 Å². The molecule has 0 spiro atoms. The molecule has 92 valence electrons. The average Bonchev–Trinajstić information content (AvgIpc) is 2.90. The van der Waals surface area contributed by atoms with Gasteiger partial charge in [-0.2, -0.15) is 5.10 Å². The molecule has 4 nitrogen and oxygen atoms in total. The first-order valence-electron chi connectivity index (χ1n) is 5.92. The van der Waals surface area contributed by atoms with Crippen LogP contribution in [0.2, 0.25) is 0 Å². The minimum absolute atomic E-state index is 0.764. The number of rotatable bonds is 6. The van der Waals surface area contributed by atoms with Gasteiger partial charge >= 0.3 is 0 Å². The summed E-state index contributed by atoms with van der Waals surface area (Å²) in [5.41, 5.74) is 2.30. The van der Waals surface area contributed by atoms with Crippen LogP contribution in [-0.2, 0) is 13.1 Å². The summed E-state index contributed by atoms with van der Waals surface area (Å²) in [5.74, 6) is 0. The molecule has 0 aliphatic carbocycles. The summed E-state index contributed by atoms with van der Waals surface area (Å²) in [4.78, 5) is 4.46. The molecule has 0 bridgehead atoms. The first-order chi connectivity index (χ1) is 8.29. The maximum Gasteiger partial charge on any atom is 0.0898 e. The molecular formula is C12H18N4S. The van der Waals surface area contributed by atoms with Crippen LogP contribution in [0.1, 0.15) is 29.7 Å². The van der Waals surface area contributed by atoms with E-state index in [1.807, 2.05) is 17.8 Å². The summed E-state index contributed by atoms with van der Waals surface area (Å²) in [6.45, 7) is 6.88. The topological polar surface area (TPSA) is 42.7 Å². The smallest absolute Gasteiger partial charge is 0.0898 e. The number of aryl methyl sites for hydroxylation is 1. The molecule has 1 N–H and O–H groups in total. The van der Waals surface area contributed by atoms with Crippen molar-refractivity contribution < 1.29 is 0 Å². The third-order valence-corrected chi connectivity index (χ3v) is 3.34. The second kappa shape index (κ2) is 5.93. The molecule has 0 aliphatic rings. The Balaban J connectivity index is 1.98. The van der Waals surface area contributed by atoms with Crippen LogP contribution in [0.5, 0.6) is 0 Å². The number of hydrogen-bond acceptors (Lipinski definition) is 4. The lowest BCUT2D eigenvalue weighted by molar-refractivity contribution is 0.588. The highest BCUT2D eigenvalue weighted by Crippen LogP contribution is 2.10. The lowest BCUT2D eigenvalue weighted by Crippen LogP contribution is -2.17. The van der Waals surface area contributed by atoms with E-state index in [0.29, 0.717) is 0 Å². The van der Waals surface area contributed by atoms with Crippen molar-refractivity contribution in [3.05, 3.63) is 34.0 Å². The van der Waals surface area contributed by atoms with Crippen LogP contribution in [0, 0.1) is 6.92 Å². The van der Waals surface area contributed by atoms with Crippen molar-refractivity contribution in [2.75, 3.05) is 6.54 Å². The van der Waals surface area contributed by atoms with Gasteiger partial charge in [-0.15, -0.1) is 11.3 Å². The van der Waals surface area contributed by atoms with E-state index in [2.05, 4.69) is 33.8 Å². The molecule has 5 heteroatoms. The summed E-state index contributed by atoms with van der Waals surface area (Å²) in [6.07, 6.45) is 3.00. The molecule has 2 aromatic heterocycles. The zero-order valence-electron chi connectivity index (χ0n) is 10.3. The number of aromatic nitrogens is 3. The van der Waals surface area contributed by atoms with E-state index >= 15 is 0 Å². The predicted octanol–water partition coefficient (Wildman–Crippen LogP) is 2.20. The monoisotopic (exact) mass is 250 g/mol. The minimum Gasteiger partial charge on any atom is -0.311 e. The number of nitrogens with one attached hydrogen (secondary N) is 1. The second-order valence-corrected chi connectivity index (χ2v) is 5.08. The van der Waals surface area contributed by atoms with Gasteiger partial charge in [0.25, 0.3) is 0 Å². The fourth-order valence-electron chi connectivity index (χ4n) is 1.68. The van der Waals surface area contributed by atoms with Crippen LogP contribution in [0.4, 0.5) is 0 Å². The Morgan fingerprint density at radius 2 is 2.35 bits per heavy atom. The quantitative estimate of drug-likeness (QED) is 0.799. The number of nitrogens with zero attached hydrogens (tertiary/aromatic N) is 3. The molecule has 0 aromatic carbocycles. The molecular weight excluding hydrogens is 232 g/mol. The van der Waals surface area contributed by atoms with Gasteiger partial charge in [-0.1, -0.05) is 6.92 Å². The van der Waals surface area contributed by atoms with E-state index in [-0.39, 0.29) is 0 Å². The lowest BCUT2D eigenvalue weighted by atomic mass is 10.4. The summed E-state index contributed by atoms with van der Waals surface area (Å²) in [6, 6.07) is 2.06. The van der Waals surface area contributed by atoms with E-state index < -0.39 is 0 Å². The van der Waals surface area contributed by atoms with Crippen molar-refractivity contribution in [1.82, 2.24) is 20.1 Å². The summed E-state index contributed by atoms with van der Waals surface area (Å²) in [5, 5.41) is 10.9. The Bertz CT molecular complexity index is 461. The second-order valence-electron chi connectivity index (χ2n) is 4.01. The highest BCUT2D eigenvalue weighted by atomic mass is 32.1. The van der Waals surface area contributed by atoms with Gasteiger partial charge in [0.05, 0.1) is 22.9 Å². The Morgan fingerprint density at radius 1 is 1.47 bits per heavy atom. The molecule has 0 amide bonds. The van der Waals surface area contributed by atoms with Gasteiger partial charge in [-0.05, 0) is 26.0 Å². The molecule has 0 saturated carbocycles. The molecule has 0 atom stereocenters. The van der Waals surface area contributed by atoms with Gasteiger partial charge < -0.3 is 5.32 Å². The Labute approximate surface area is 106 Å². The Hall–Kier alpha value is -1.20. The zero-order chi connectivity index (χ0) is 12.1. The minimum atomic E-state index is 0.764. The third kappa shape index (κ3) is 3.38. The lowest BCUT2D eigenvalue weighted by Gasteiger charge is -2.06. The van der Waals surface area contributed by atoms with Gasteiger partial charge in [0.1, 0.15) is 0 Å². The van der Waals surface area contributed by atoms with Crippen LogP contribution in [0.15, 0.2) is 17.6 Å². The fourth-order valence-corrected chi connectivity index (χ4v) is 2.28. The van der Waals surface area contributed by atoms with Crippen molar-refractivity contribution >= 4 is 11.3 Å². The van der Waals surface area contributed by atoms with Crippen LogP contribution in [-0.4, -0.2) is 21.3 Å². The van der Waals surface area contributed by atoms with E-state index in [4.69, 9.17) is 0 Å². The Morgan fingerprint density at radius 3 is 3.06 bits per heavy atom. The van der Waals surface area contributed by atoms with E-state index in [1.54, 1.807) is 11.3 Å². The molecule has 0 unspecified atom stereocenters. The highest BCUT2D eigenvalue weighted by molar-refractivity contribution is 7.09. The average molecular weight is 250 g/mol. The Kier molecular flexibility index (Phi) is 4.28. The third-order valence-electron chi connectivity index (χ3n) is 2.52. The zero-order valence-corrected chi connectivity index (χ0v) is 11.1. The fraction of sp³-hybridized carbons (Fsp3) is 0.500. The van der Waals surface area contributed by atoms with Crippen LogP contribution >= 0.6 is 11.3 Å². The summed E-state index contributed by atoms with van der Waals surface area (Å²) in [7, 11) is 0. The highest BCUT2D eigenvalue weighted by Gasteiger charge is 2.05. The first kappa shape index (κ1) is 12.3. The summed E-state index contributed by atoms with van der Waals surface area (Å²) >= 11 is 1.69. The molecule has 0 fully saturated rings. The van der Waals surface area contributed by atoms with Crippen LogP contribution < -0.4 is 5.32 Å². The normalized spacial score (nSPS) is 10.9. The van der Waals surface area contributed by atoms with Gasteiger partial charge in [-0.25, -0.2) is 4.98 Å². The van der Waals surface area contributed by atoms with Crippen molar-refractivity contribution in [2.45, 2.75) is 33.4 Å². The van der Waals surface area contributed by atoms with E-state index in [1.165, 1.54) is 5.69 Å². The number of thiazole rings is 1. The van der Waals surface area contributed by atoms with Gasteiger partial charge in [-0.3, -0.25) is 4.68 Å². The van der Waals surface area contributed by atoms with Gasteiger partial charge in [0, 0.05) is 18.1 Å².